The van der Waals surface area contributed by atoms with E-state index in [9.17, 15) is 9.90 Å². The van der Waals surface area contributed by atoms with Crippen molar-refractivity contribution in [3.63, 3.8) is 0 Å². The molecule has 128 valence electrons. The van der Waals surface area contributed by atoms with E-state index >= 15 is 0 Å². The fraction of sp³-hybridized carbons (Fsp3) is 0.611. The Morgan fingerprint density at radius 3 is 2.22 bits per heavy atom. The number of hydrogen-bond donors (Lipinski definition) is 1. The average molecular weight is 319 g/mol. The number of likely N-dealkylation sites (N-methyl/N-ethyl adjacent to an activating group) is 1. The number of piperazine rings is 1. The lowest BCUT2D eigenvalue weighted by molar-refractivity contribution is -0.132. The van der Waals surface area contributed by atoms with Crippen molar-refractivity contribution in [2.24, 2.45) is 0 Å². The van der Waals surface area contributed by atoms with Crippen LogP contribution in [0.1, 0.15) is 25.5 Å². The number of nitrogens with zero attached hydrogens (tertiary/aromatic N) is 3. The van der Waals surface area contributed by atoms with Crippen molar-refractivity contribution in [1.82, 2.24) is 14.7 Å². The molecule has 1 aliphatic rings. The van der Waals surface area contributed by atoms with E-state index in [0.717, 1.165) is 44.8 Å². The van der Waals surface area contributed by atoms with Gasteiger partial charge in [-0.1, -0.05) is 30.3 Å². The molecule has 5 nitrogen and oxygen atoms in total. The number of aliphatic hydroxyl groups excluding tert-OH is 1. The lowest BCUT2D eigenvalue weighted by atomic mass is 10.1. The number of amides is 1. The van der Waals surface area contributed by atoms with Crippen LogP contribution in [0, 0.1) is 0 Å². The fourth-order valence-electron chi connectivity index (χ4n) is 3.02. The highest BCUT2D eigenvalue weighted by Gasteiger charge is 2.22. The summed E-state index contributed by atoms with van der Waals surface area (Å²) in [6.07, 6.45) is -0.444. The van der Waals surface area contributed by atoms with Crippen molar-refractivity contribution < 1.29 is 9.90 Å². The summed E-state index contributed by atoms with van der Waals surface area (Å²) in [7, 11) is 0. The third-order valence-corrected chi connectivity index (χ3v) is 4.56. The molecule has 1 saturated heterocycles. The predicted molar refractivity (Wildman–Crippen MR) is 92.2 cm³/mol. The largest absolute Gasteiger partial charge is 0.387 e. The summed E-state index contributed by atoms with van der Waals surface area (Å²) in [5, 5.41) is 10.3. The zero-order valence-corrected chi connectivity index (χ0v) is 14.3. The van der Waals surface area contributed by atoms with Gasteiger partial charge in [-0.2, -0.15) is 0 Å². The summed E-state index contributed by atoms with van der Waals surface area (Å²) in [5.41, 5.74) is 0.964. The Morgan fingerprint density at radius 2 is 1.65 bits per heavy atom. The molecule has 0 bridgehead atoms. The molecule has 0 radical (unpaired) electrons. The first kappa shape index (κ1) is 17.9. The number of rotatable bonds is 7. The van der Waals surface area contributed by atoms with Gasteiger partial charge in [0, 0.05) is 45.8 Å². The summed E-state index contributed by atoms with van der Waals surface area (Å²) >= 11 is 0. The minimum atomic E-state index is -0.444. The van der Waals surface area contributed by atoms with E-state index in [1.165, 1.54) is 0 Å². The molecule has 0 spiro atoms. The van der Waals surface area contributed by atoms with Gasteiger partial charge in [0.15, 0.2) is 0 Å². The molecule has 1 aliphatic heterocycles. The number of hydrogen-bond acceptors (Lipinski definition) is 4. The minimum Gasteiger partial charge on any atom is -0.387 e. The van der Waals surface area contributed by atoms with Gasteiger partial charge in [-0.25, -0.2) is 0 Å². The van der Waals surface area contributed by atoms with E-state index in [4.69, 9.17) is 0 Å². The van der Waals surface area contributed by atoms with Gasteiger partial charge in [-0.15, -0.1) is 0 Å². The Kier molecular flexibility index (Phi) is 7.02. The summed E-state index contributed by atoms with van der Waals surface area (Å²) in [6.45, 7) is 10.3. The van der Waals surface area contributed by atoms with E-state index in [0.29, 0.717) is 13.1 Å². The summed E-state index contributed by atoms with van der Waals surface area (Å²) in [4.78, 5) is 18.5. The highest BCUT2D eigenvalue weighted by molar-refractivity contribution is 5.78. The molecular weight excluding hydrogens is 290 g/mol. The Bertz CT molecular complexity index is 468. The zero-order valence-electron chi connectivity index (χ0n) is 14.3. The van der Waals surface area contributed by atoms with Crippen LogP contribution in [0.4, 0.5) is 0 Å². The number of aliphatic hydroxyl groups is 1. The lowest BCUT2D eigenvalue weighted by Gasteiger charge is -2.36. The van der Waals surface area contributed by atoms with Crippen molar-refractivity contribution in [3.8, 4) is 0 Å². The molecule has 0 aliphatic carbocycles. The van der Waals surface area contributed by atoms with E-state index in [2.05, 4.69) is 9.80 Å². The molecule has 23 heavy (non-hydrogen) atoms. The Labute approximate surface area is 139 Å². The maximum Gasteiger partial charge on any atom is 0.236 e. The number of carbonyl (C=O) groups is 1. The third kappa shape index (κ3) is 5.30. The topological polar surface area (TPSA) is 47.0 Å². The van der Waals surface area contributed by atoms with E-state index in [-0.39, 0.29) is 5.91 Å². The highest BCUT2D eigenvalue weighted by atomic mass is 16.3. The van der Waals surface area contributed by atoms with E-state index < -0.39 is 6.10 Å². The standard InChI is InChI=1S/C18H29N3O2/c1-3-21(4-2)18(23)15-20-12-10-19(11-13-20)14-17(22)16-8-6-5-7-9-16/h5-9,17,22H,3-4,10-15H2,1-2H3/t17-/m0/s1. The first-order chi connectivity index (χ1) is 11.1. The Hall–Kier alpha value is -1.43. The third-order valence-electron chi connectivity index (χ3n) is 4.56. The molecule has 1 heterocycles. The molecule has 1 amide bonds. The van der Waals surface area contributed by atoms with Crippen LogP contribution in [-0.4, -0.2) is 78.1 Å². The molecule has 1 aromatic carbocycles. The predicted octanol–water partition coefficient (Wildman–Crippen LogP) is 1.21. The minimum absolute atomic E-state index is 0.216. The SMILES string of the molecule is CCN(CC)C(=O)CN1CCN(C[C@H](O)c2ccccc2)CC1. The molecule has 0 aromatic heterocycles. The van der Waals surface area contributed by atoms with Crippen LogP contribution in [0.3, 0.4) is 0 Å². The lowest BCUT2D eigenvalue weighted by Crippen LogP contribution is -2.50. The zero-order chi connectivity index (χ0) is 16.7. The van der Waals surface area contributed by atoms with Gasteiger partial charge < -0.3 is 10.0 Å². The molecule has 1 aromatic rings. The number of benzene rings is 1. The summed E-state index contributed by atoms with van der Waals surface area (Å²) in [5.74, 6) is 0.216. The second kappa shape index (κ2) is 9.01. The van der Waals surface area contributed by atoms with Gasteiger partial charge in [-0.3, -0.25) is 14.6 Å². The molecule has 0 saturated carbocycles. The molecule has 1 atom stereocenters. The summed E-state index contributed by atoms with van der Waals surface area (Å²) in [6, 6.07) is 9.79. The fourth-order valence-corrected chi connectivity index (χ4v) is 3.02. The smallest absolute Gasteiger partial charge is 0.236 e. The van der Waals surface area contributed by atoms with Crippen molar-refractivity contribution in [2.45, 2.75) is 20.0 Å². The van der Waals surface area contributed by atoms with Crippen LogP contribution in [0.2, 0.25) is 0 Å². The van der Waals surface area contributed by atoms with Gasteiger partial charge in [0.1, 0.15) is 0 Å². The van der Waals surface area contributed by atoms with Crippen LogP contribution >= 0.6 is 0 Å². The van der Waals surface area contributed by atoms with E-state index in [1.807, 2.05) is 49.1 Å². The van der Waals surface area contributed by atoms with Crippen LogP contribution in [0.25, 0.3) is 0 Å². The maximum absolute atomic E-state index is 12.1. The second-order valence-electron chi connectivity index (χ2n) is 6.07. The molecule has 5 heteroatoms. The van der Waals surface area contributed by atoms with Gasteiger partial charge in [0.05, 0.1) is 12.6 Å². The van der Waals surface area contributed by atoms with Crippen LogP contribution in [0.5, 0.6) is 0 Å². The molecule has 0 unspecified atom stereocenters. The van der Waals surface area contributed by atoms with Crippen LogP contribution < -0.4 is 0 Å². The first-order valence-electron chi connectivity index (χ1n) is 8.59. The maximum atomic E-state index is 12.1. The van der Waals surface area contributed by atoms with Crippen molar-refractivity contribution in [3.05, 3.63) is 35.9 Å². The highest BCUT2D eigenvalue weighted by Crippen LogP contribution is 2.15. The normalized spacial score (nSPS) is 17.9. The average Bonchev–Trinajstić information content (AvgIpc) is 2.58. The Balaban J connectivity index is 1.74. The molecule has 2 rings (SSSR count). The quantitative estimate of drug-likeness (QED) is 0.820. The van der Waals surface area contributed by atoms with Gasteiger partial charge in [0.2, 0.25) is 5.91 Å². The Morgan fingerprint density at radius 1 is 1.09 bits per heavy atom. The molecule has 1 N–H and O–H groups in total. The van der Waals surface area contributed by atoms with Crippen LogP contribution in [-0.2, 0) is 4.79 Å². The van der Waals surface area contributed by atoms with E-state index in [1.54, 1.807) is 0 Å². The summed E-state index contributed by atoms with van der Waals surface area (Å²) < 4.78 is 0. The number of β-amino-alcohol motifs (C(OH)–C–C–N with tert-alkyl or cyclic N) is 1. The van der Waals surface area contributed by atoms with Gasteiger partial charge in [-0.05, 0) is 19.4 Å². The van der Waals surface area contributed by atoms with Crippen molar-refractivity contribution >= 4 is 5.91 Å². The number of carbonyl (C=O) groups excluding carboxylic acids is 1. The van der Waals surface area contributed by atoms with Crippen LogP contribution in [0.15, 0.2) is 30.3 Å². The van der Waals surface area contributed by atoms with Gasteiger partial charge >= 0.3 is 0 Å². The molecular formula is C18H29N3O2. The van der Waals surface area contributed by atoms with Crippen molar-refractivity contribution in [1.29, 1.82) is 0 Å². The second-order valence-corrected chi connectivity index (χ2v) is 6.07. The van der Waals surface area contributed by atoms with Crippen molar-refractivity contribution in [2.75, 3.05) is 52.4 Å². The molecule has 1 fully saturated rings. The first-order valence-corrected chi connectivity index (χ1v) is 8.59. The van der Waals surface area contributed by atoms with Gasteiger partial charge in [0.25, 0.3) is 0 Å². The monoisotopic (exact) mass is 319 g/mol.